The Bertz CT molecular complexity index is 166. The van der Waals surface area contributed by atoms with E-state index in [4.69, 9.17) is 0 Å². The fourth-order valence-corrected chi connectivity index (χ4v) is 2.02. The van der Waals surface area contributed by atoms with E-state index in [-0.39, 0.29) is 0 Å². The molecule has 1 aliphatic rings. The molecular weight excluding hydrogens is 199 g/mol. The van der Waals surface area contributed by atoms with Gasteiger partial charge in [0.05, 0.1) is 0 Å². The molecule has 0 amide bonds. The van der Waals surface area contributed by atoms with Crippen LogP contribution in [0.4, 0.5) is 0 Å². The molecule has 10 heavy (non-hydrogen) atoms. The van der Waals surface area contributed by atoms with E-state index in [1.54, 1.807) is 33.6 Å². The van der Waals surface area contributed by atoms with Crippen LogP contribution in [0, 0.1) is 0 Å². The van der Waals surface area contributed by atoms with Crippen molar-refractivity contribution in [1.82, 2.24) is 0 Å². The van der Waals surface area contributed by atoms with Crippen LogP contribution in [0.1, 0.15) is 32.6 Å². The summed E-state index contributed by atoms with van der Waals surface area (Å²) in [7, 11) is 0. The van der Waals surface area contributed by atoms with E-state index in [0.717, 1.165) is 0 Å². The standard InChI is InChI=1S/C9H13.Zr/c1-2-3-6-9-7-4-5-8-9;/h4-5H,2-3,6-7H2,1H3;. The average Bonchev–Trinajstić information content (AvgIpc) is 2.31. The second kappa shape index (κ2) is 4.28. The Labute approximate surface area is 78.2 Å². The summed E-state index contributed by atoms with van der Waals surface area (Å²) in [5.74, 6) is 0. The summed E-state index contributed by atoms with van der Waals surface area (Å²) in [4.78, 5) is 0. The monoisotopic (exact) mass is 211 g/mol. The molecule has 0 radical (unpaired) electrons. The van der Waals surface area contributed by atoms with Crippen LogP contribution in [0.3, 0.4) is 0 Å². The molecule has 0 saturated heterocycles. The summed E-state index contributed by atoms with van der Waals surface area (Å²) in [6, 6.07) is 0. The van der Waals surface area contributed by atoms with Gasteiger partial charge in [-0.05, 0) is 0 Å². The molecule has 53 valence electrons. The van der Waals surface area contributed by atoms with Crippen LogP contribution in [0.25, 0.3) is 0 Å². The Hall–Kier alpha value is 0.363. The molecule has 1 rings (SSSR count). The Kier molecular flexibility index (Phi) is 3.62. The zero-order valence-electron chi connectivity index (χ0n) is 6.48. The van der Waals surface area contributed by atoms with Gasteiger partial charge in [0, 0.05) is 0 Å². The van der Waals surface area contributed by atoms with E-state index in [0.29, 0.717) is 0 Å². The van der Waals surface area contributed by atoms with Crippen molar-refractivity contribution in [1.29, 1.82) is 0 Å². The Morgan fingerprint density at radius 3 is 2.90 bits per heavy atom. The zero-order chi connectivity index (χ0) is 7.40. The van der Waals surface area contributed by atoms with E-state index in [9.17, 15) is 0 Å². The maximum atomic E-state index is 2.29. The molecule has 0 aromatic carbocycles. The van der Waals surface area contributed by atoms with Gasteiger partial charge >= 0.3 is 78.3 Å². The van der Waals surface area contributed by atoms with E-state index in [2.05, 4.69) is 19.1 Å². The fraction of sp³-hybridized carbons (Fsp3) is 0.556. The van der Waals surface area contributed by atoms with E-state index < -0.39 is 0 Å². The van der Waals surface area contributed by atoms with Crippen molar-refractivity contribution in [3.63, 3.8) is 0 Å². The molecule has 0 bridgehead atoms. The molecule has 0 saturated carbocycles. The molecule has 1 aliphatic carbocycles. The van der Waals surface area contributed by atoms with E-state index in [1.165, 1.54) is 25.7 Å². The Morgan fingerprint density at radius 1 is 1.60 bits per heavy atom. The minimum atomic E-state index is 1.24. The molecule has 1 heteroatoms. The topological polar surface area (TPSA) is 0 Å². The second-order valence-corrected chi connectivity index (χ2v) is 4.05. The van der Waals surface area contributed by atoms with Crippen molar-refractivity contribution in [2.24, 2.45) is 0 Å². The number of unbranched alkanes of at least 4 members (excludes halogenated alkanes) is 1. The third-order valence-electron chi connectivity index (χ3n) is 1.86. The fourth-order valence-electron chi connectivity index (χ4n) is 1.17. The first kappa shape index (κ1) is 8.46. The van der Waals surface area contributed by atoms with Crippen molar-refractivity contribution < 1.29 is 24.7 Å². The molecule has 0 N–H and O–H groups in total. The molecule has 0 aromatic heterocycles. The van der Waals surface area contributed by atoms with Crippen molar-refractivity contribution >= 4 is 0 Å². The van der Waals surface area contributed by atoms with Crippen LogP contribution in [-0.4, -0.2) is 0 Å². The van der Waals surface area contributed by atoms with E-state index >= 15 is 0 Å². The summed E-state index contributed by atoms with van der Waals surface area (Å²) < 4.78 is 1.60. The Morgan fingerprint density at radius 2 is 2.40 bits per heavy atom. The molecular formula is C9H13Zr. The molecule has 0 fully saturated rings. The number of allylic oxidation sites excluding steroid dienone is 4. The van der Waals surface area contributed by atoms with Crippen LogP contribution in [0.5, 0.6) is 0 Å². The minimum absolute atomic E-state index is 1.24. The summed E-state index contributed by atoms with van der Waals surface area (Å²) >= 11 is 1.59. The summed E-state index contributed by atoms with van der Waals surface area (Å²) in [5, 5.41) is 0. The molecule has 0 atom stereocenters. The van der Waals surface area contributed by atoms with Gasteiger partial charge in [-0.25, -0.2) is 0 Å². The maximum absolute atomic E-state index is 2.29. The summed E-state index contributed by atoms with van der Waals surface area (Å²) in [5.41, 5.74) is 1.69. The SMILES string of the molecule is CCCCC1=[C]([Zr])C=CC1. The van der Waals surface area contributed by atoms with Gasteiger partial charge in [0.2, 0.25) is 0 Å². The summed E-state index contributed by atoms with van der Waals surface area (Å²) in [6.45, 7) is 2.26. The van der Waals surface area contributed by atoms with Gasteiger partial charge in [0.1, 0.15) is 0 Å². The van der Waals surface area contributed by atoms with Crippen LogP contribution < -0.4 is 0 Å². The number of hydrogen-bond acceptors (Lipinski definition) is 0. The van der Waals surface area contributed by atoms with Gasteiger partial charge in [0.15, 0.2) is 0 Å². The van der Waals surface area contributed by atoms with Gasteiger partial charge in [-0.3, -0.25) is 0 Å². The quantitative estimate of drug-likeness (QED) is 0.675. The first-order chi connectivity index (χ1) is 4.84. The number of hydrogen-bond donors (Lipinski definition) is 0. The van der Waals surface area contributed by atoms with Gasteiger partial charge in [-0.1, -0.05) is 0 Å². The normalized spacial score (nSPS) is 16.8. The zero-order valence-corrected chi connectivity index (χ0v) is 8.94. The molecule has 0 spiro atoms. The van der Waals surface area contributed by atoms with Crippen LogP contribution in [0.2, 0.25) is 0 Å². The van der Waals surface area contributed by atoms with Crippen LogP contribution in [-0.2, 0) is 24.7 Å². The van der Waals surface area contributed by atoms with Gasteiger partial charge in [0.25, 0.3) is 0 Å². The molecule has 0 heterocycles. The summed E-state index contributed by atoms with van der Waals surface area (Å²) in [6.07, 6.45) is 9.84. The predicted molar refractivity (Wildman–Crippen MR) is 40.3 cm³/mol. The van der Waals surface area contributed by atoms with Crippen molar-refractivity contribution in [2.45, 2.75) is 32.6 Å². The van der Waals surface area contributed by atoms with Crippen molar-refractivity contribution in [3.8, 4) is 0 Å². The first-order valence-electron chi connectivity index (χ1n) is 3.94. The van der Waals surface area contributed by atoms with Crippen LogP contribution in [0.15, 0.2) is 21.0 Å². The van der Waals surface area contributed by atoms with Gasteiger partial charge in [-0.15, -0.1) is 0 Å². The first-order valence-corrected chi connectivity index (χ1v) is 5.17. The predicted octanol–water partition coefficient (Wildman–Crippen LogP) is 2.94. The molecule has 0 aliphatic heterocycles. The van der Waals surface area contributed by atoms with Gasteiger partial charge < -0.3 is 0 Å². The van der Waals surface area contributed by atoms with Gasteiger partial charge in [-0.2, -0.15) is 0 Å². The molecule has 0 aromatic rings. The molecule has 0 nitrogen and oxygen atoms in total. The van der Waals surface area contributed by atoms with Crippen LogP contribution >= 0.6 is 0 Å². The van der Waals surface area contributed by atoms with Crippen molar-refractivity contribution in [2.75, 3.05) is 0 Å². The molecule has 0 unspecified atom stereocenters. The average molecular weight is 212 g/mol. The third kappa shape index (κ3) is 2.20. The third-order valence-corrected chi connectivity index (χ3v) is 3.14. The second-order valence-electron chi connectivity index (χ2n) is 2.73. The van der Waals surface area contributed by atoms with Crippen molar-refractivity contribution in [3.05, 3.63) is 21.0 Å². The Balaban J connectivity index is 2.35. The number of rotatable bonds is 3. The van der Waals surface area contributed by atoms with E-state index in [1.807, 2.05) is 0 Å².